The minimum Gasteiger partial charge on any atom is -0.497 e. The lowest BCUT2D eigenvalue weighted by atomic mass is 9.93. The van der Waals surface area contributed by atoms with E-state index in [9.17, 15) is 14.4 Å². The number of piperidine rings is 1. The fourth-order valence-electron chi connectivity index (χ4n) is 4.43. The number of methoxy groups -OCH3 is 1. The number of likely N-dealkylation sites (tertiary alicyclic amines) is 1. The summed E-state index contributed by atoms with van der Waals surface area (Å²) in [5.74, 6) is 0.572. The van der Waals surface area contributed by atoms with Crippen molar-refractivity contribution in [3.63, 3.8) is 0 Å². The largest absolute Gasteiger partial charge is 0.497 e. The molecule has 2 aliphatic rings. The van der Waals surface area contributed by atoms with Crippen molar-refractivity contribution >= 4 is 34.7 Å². The summed E-state index contributed by atoms with van der Waals surface area (Å²) >= 11 is 0.987. The Morgan fingerprint density at radius 2 is 1.63 bits per heavy atom. The summed E-state index contributed by atoms with van der Waals surface area (Å²) < 4.78 is 5.11. The van der Waals surface area contributed by atoms with Crippen molar-refractivity contribution in [1.82, 2.24) is 24.9 Å². The number of ether oxygens (including phenoxy) is 1. The monoisotopic (exact) mass is 500 g/mol. The van der Waals surface area contributed by atoms with Crippen LogP contribution in [0.4, 0.5) is 5.69 Å². The molecule has 0 atom stereocenters. The number of hydrogen-bond acceptors (Lipinski definition) is 8. The van der Waals surface area contributed by atoms with E-state index in [0.717, 1.165) is 56.9 Å². The van der Waals surface area contributed by atoms with E-state index < -0.39 is 5.91 Å². The van der Waals surface area contributed by atoms with Gasteiger partial charge < -0.3 is 24.8 Å². The summed E-state index contributed by atoms with van der Waals surface area (Å²) in [4.78, 5) is 44.2. The molecule has 0 aliphatic carbocycles. The molecule has 3 amide bonds. The van der Waals surface area contributed by atoms with Crippen LogP contribution < -0.4 is 10.1 Å². The van der Waals surface area contributed by atoms with Crippen molar-refractivity contribution in [2.45, 2.75) is 26.2 Å². The number of carbonyl (C=O) groups is 3. The van der Waals surface area contributed by atoms with Crippen LogP contribution in [0.2, 0.25) is 0 Å². The predicted octanol–water partition coefficient (Wildman–Crippen LogP) is 2.21. The minimum atomic E-state index is -0.413. The van der Waals surface area contributed by atoms with Crippen LogP contribution in [0.25, 0.3) is 0 Å². The van der Waals surface area contributed by atoms with Crippen molar-refractivity contribution in [1.29, 1.82) is 0 Å². The van der Waals surface area contributed by atoms with Gasteiger partial charge in [0.25, 0.3) is 11.8 Å². The summed E-state index contributed by atoms with van der Waals surface area (Å²) in [5.41, 5.74) is 0.600. The average molecular weight is 501 g/mol. The van der Waals surface area contributed by atoms with Gasteiger partial charge in [-0.1, -0.05) is 18.3 Å². The summed E-state index contributed by atoms with van der Waals surface area (Å²) in [7, 11) is 1.57. The van der Waals surface area contributed by atoms with Gasteiger partial charge in [0.15, 0.2) is 0 Å². The topological polar surface area (TPSA) is 108 Å². The molecule has 1 aromatic heterocycles. The number of likely N-dealkylation sites (N-methyl/N-ethyl adjacent to an activating group) is 1. The van der Waals surface area contributed by atoms with Crippen LogP contribution in [0.15, 0.2) is 24.3 Å². The number of benzene rings is 1. The van der Waals surface area contributed by atoms with Crippen molar-refractivity contribution in [3.8, 4) is 5.75 Å². The molecule has 1 N–H and O–H groups in total. The molecule has 2 aliphatic heterocycles. The van der Waals surface area contributed by atoms with Gasteiger partial charge in [0.2, 0.25) is 15.9 Å². The fourth-order valence-corrected chi connectivity index (χ4v) is 5.13. The summed E-state index contributed by atoms with van der Waals surface area (Å²) in [6.07, 6.45) is 2.12. The molecule has 0 radical (unpaired) electrons. The number of rotatable bonds is 7. The van der Waals surface area contributed by atoms with E-state index in [1.165, 1.54) is 0 Å². The predicted molar refractivity (Wildman–Crippen MR) is 133 cm³/mol. The molecule has 0 saturated carbocycles. The van der Waals surface area contributed by atoms with Gasteiger partial charge in [-0.25, -0.2) is 0 Å². The number of nitrogens with one attached hydrogen (secondary N) is 1. The normalized spacial score (nSPS) is 17.3. The molecule has 2 fully saturated rings. The Balaban J connectivity index is 1.24. The zero-order valence-electron chi connectivity index (χ0n) is 20.2. The Hall–Kier alpha value is -3.05. The zero-order chi connectivity index (χ0) is 24.8. The standard InChI is InChI=1S/C24H32N6O4S/c1-3-28-12-14-29(15-13-28)20(31)16-17-8-10-30(11-9-17)24(33)23-27-26-22(35-23)21(32)25-18-4-6-19(34-2)7-5-18/h4-7,17H,3,8-16H2,1-2H3,(H,25,32). The molecule has 4 rings (SSSR count). The Bertz CT molecular complexity index is 1030. The van der Waals surface area contributed by atoms with E-state index in [0.29, 0.717) is 30.9 Å². The molecular formula is C24H32N6O4S. The number of amides is 3. The van der Waals surface area contributed by atoms with E-state index in [1.807, 2.05) is 4.90 Å². The first-order valence-electron chi connectivity index (χ1n) is 12.0. The third-order valence-corrected chi connectivity index (χ3v) is 7.60. The molecule has 0 spiro atoms. The van der Waals surface area contributed by atoms with Crippen LogP contribution in [0, 0.1) is 5.92 Å². The summed E-state index contributed by atoms with van der Waals surface area (Å²) in [6.45, 7) is 7.81. The van der Waals surface area contributed by atoms with Crippen molar-refractivity contribution < 1.29 is 19.1 Å². The number of carbonyl (C=O) groups excluding carboxylic acids is 3. The molecule has 35 heavy (non-hydrogen) atoms. The van der Waals surface area contributed by atoms with Crippen LogP contribution >= 0.6 is 11.3 Å². The number of hydrogen-bond donors (Lipinski definition) is 1. The number of piperazine rings is 1. The second-order valence-corrected chi connectivity index (χ2v) is 9.83. The SMILES string of the molecule is CCN1CCN(C(=O)CC2CCN(C(=O)c3nnc(C(=O)Nc4ccc(OC)cc4)s3)CC2)CC1. The minimum absolute atomic E-state index is 0.132. The molecule has 11 heteroatoms. The van der Waals surface area contributed by atoms with Crippen molar-refractivity contribution in [3.05, 3.63) is 34.3 Å². The van der Waals surface area contributed by atoms with Crippen LogP contribution in [-0.2, 0) is 4.79 Å². The first-order chi connectivity index (χ1) is 17.0. The second-order valence-electron chi connectivity index (χ2n) is 8.85. The van der Waals surface area contributed by atoms with E-state index in [4.69, 9.17) is 4.74 Å². The Morgan fingerprint density at radius 3 is 2.26 bits per heavy atom. The van der Waals surface area contributed by atoms with E-state index in [1.54, 1.807) is 36.3 Å². The molecule has 0 bridgehead atoms. The number of anilines is 1. The maximum absolute atomic E-state index is 12.9. The van der Waals surface area contributed by atoms with Gasteiger partial charge in [-0.3, -0.25) is 14.4 Å². The van der Waals surface area contributed by atoms with Crippen LogP contribution in [0.3, 0.4) is 0 Å². The van der Waals surface area contributed by atoms with Gasteiger partial charge in [0.1, 0.15) is 5.75 Å². The lowest BCUT2D eigenvalue weighted by Gasteiger charge is -2.36. The van der Waals surface area contributed by atoms with E-state index in [2.05, 4.69) is 27.3 Å². The van der Waals surface area contributed by atoms with E-state index in [-0.39, 0.29) is 27.7 Å². The third-order valence-electron chi connectivity index (χ3n) is 6.69. The highest BCUT2D eigenvalue weighted by molar-refractivity contribution is 7.15. The van der Waals surface area contributed by atoms with Gasteiger partial charge >= 0.3 is 0 Å². The molecule has 3 heterocycles. The van der Waals surface area contributed by atoms with Crippen molar-refractivity contribution in [2.75, 3.05) is 58.2 Å². The van der Waals surface area contributed by atoms with Gasteiger partial charge in [0.05, 0.1) is 7.11 Å². The summed E-state index contributed by atoms with van der Waals surface area (Å²) in [5, 5.41) is 10.9. The molecule has 188 valence electrons. The van der Waals surface area contributed by atoms with Gasteiger partial charge in [0, 0.05) is 51.4 Å². The molecule has 0 unspecified atom stereocenters. The number of nitrogens with zero attached hydrogens (tertiary/aromatic N) is 5. The van der Waals surface area contributed by atoms with Crippen LogP contribution in [0.1, 0.15) is 45.8 Å². The fraction of sp³-hybridized carbons (Fsp3) is 0.542. The Kier molecular flexibility index (Phi) is 8.29. The maximum atomic E-state index is 12.9. The lowest BCUT2D eigenvalue weighted by Crippen LogP contribution is -2.49. The maximum Gasteiger partial charge on any atom is 0.286 e. The molecule has 2 saturated heterocycles. The van der Waals surface area contributed by atoms with Gasteiger partial charge in [-0.2, -0.15) is 0 Å². The van der Waals surface area contributed by atoms with E-state index >= 15 is 0 Å². The van der Waals surface area contributed by atoms with Gasteiger partial charge in [-0.15, -0.1) is 10.2 Å². The highest BCUT2D eigenvalue weighted by Gasteiger charge is 2.29. The van der Waals surface area contributed by atoms with Crippen molar-refractivity contribution in [2.24, 2.45) is 5.92 Å². The zero-order valence-corrected chi connectivity index (χ0v) is 21.1. The molecular weight excluding hydrogens is 468 g/mol. The average Bonchev–Trinajstić information content (AvgIpc) is 3.40. The summed E-state index contributed by atoms with van der Waals surface area (Å²) in [6, 6.07) is 6.94. The van der Waals surface area contributed by atoms with Gasteiger partial charge in [-0.05, 0) is 49.6 Å². The third kappa shape index (κ3) is 6.34. The molecule has 1 aromatic carbocycles. The lowest BCUT2D eigenvalue weighted by molar-refractivity contribution is -0.134. The smallest absolute Gasteiger partial charge is 0.286 e. The Morgan fingerprint density at radius 1 is 0.971 bits per heavy atom. The highest BCUT2D eigenvalue weighted by atomic mass is 32.1. The first-order valence-corrected chi connectivity index (χ1v) is 12.9. The van der Waals surface area contributed by atoms with Crippen LogP contribution in [0.5, 0.6) is 5.75 Å². The quantitative estimate of drug-likeness (QED) is 0.621. The highest BCUT2D eigenvalue weighted by Crippen LogP contribution is 2.24. The van der Waals surface area contributed by atoms with Crippen LogP contribution in [-0.4, -0.2) is 95.5 Å². The molecule has 2 aromatic rings. The molecule has 10 nitrogen and oxygen atoms in total. The number of aromatic nitrogens is 2. The Labute approximate surface area is 209 Å². The second kappa shape index (κ2) is 11.6. The first kappa shape index (κ1) is 25.1.